The van der Waals surface area contributed by atoms with E-state index in [0.717, 1.165) is 34.5 Å². The highest BCUT2D eigenvalue weighted by atomic mass is 32.1. The van der Waals surface area contributed by atoms with Crippen LogP contribution in [-0.4, -0.2) is 19.3 Å². The Hall–Kier alpha value is -1.88. The number of aromatic nitrogens is 4. The highest BCUT2D eigenvalue weighted by Gasteiger charge is 2.11. The molecule has 20 heavy (non-hydrogen) atoms. The summed E-state index contributed by atoms with van der Waals surface area (Å²) in [6, 6.07) is 6.27. The monoisotopic (exact) mass is 286 g/mol. The normalized spacial score (nSPS) is 11.3. The third-order valence-electron chi connectivity index (χ3n) is 3.67. The van der Waals surface area contributed by atoms with E-state index in [0.29, 0.717) is 0 Å². The van der Waals surface area contributed by atoms with Gasteiger partial charge in [0.1, 0.15) is 0 Å². The summed E-state index contributed by atoms with van der Waals surface area (Å²) in [5, 5.41) is 4.50. The predicted octanol–water partition coefficient (Wildman–Crippen LogP) is 3.35. The second-order valence-electron chi connectivity index (χ2n) is 5.11. The van der Waals surface area contributed by atoms with E-state index in [9.17, 15) is 0 Å². The molecule has 0 aliphatic rings. The number of hydrogen-bond donors (Lipinski definition) is 1. The molecule has 104 valence electrons. The van der Waals surface area contributed by atoms with E-state index in [1.807, 2.05) is 11.7 Å². The van der Waals surface area contributed by atoms with Crippen LogP contribution < -0.4 is 0 Å². The molecule has 0 atom stereocenters. The average molecular weight is 286 g/mol. The number of para-hydroxylation sites is 1. The summed E-state index contributed by atoms with van der Waals surface area (Å²) in [6.07, 6.45) is 3.01. The topological polar surface area (TPSA) is 38.5 Å². The van der Waals surface area contributed by atoms with Crippen LogP contribution in [0.3, 0.4) is 0 Å². The van der Waals surface area contributed by atoms with Crippen LogP contribution in [0.1, 0.15) is 23.7 Å². The highest BCUT2D eigenvalue weighted by Crippen LogP contribution is 2.20. The molecule has 0 bridgehead atoms. The number of hydrogen-bond acceptors (Lipinski definition) is 2. The summed E-state index contributed by atoms with van der Waals surface area (Å²) in [5.74, 6) is 0. The summed E-state index contributed by atoms with van der Waals surface area (Å²) < 4.78 is 4.78. The molecule has 5 heteroatoms. The van der Waals surface area contributed by atoms with E-state index >= 15 is 0 Å². The van der Waals surface area contributed by atoms with Gasteiger partial charge < -0.3 is 9.55 Å². The number of aryl methyl sites for hydroxylation is 3. The van der Waals surface area contributed by atoms with Crippen LogP contribution in [0.4, 0.5) is 0 Å². The molecule has 1 N–H and O–H groups in total. The van der Waals surface area contributed by atoms with Crippen molar-refractivity contribution >= 4 is 23.3 Å². The largest absolute Gasteiger partial charge is 0.330 e. The Labute approximate surface area is 123 Å². The summed E-state index contributed by atoms with van der Waals surface area (Å²) in [6.45, 7) is 4.99. The predicted molar refractivity (Wildman–Crippen MR) is 83.5 cm³/mol. The average Bonchev–Trinajstić information content (AvgIpc) is 2.93. The zero-order chi connectivity index (χ0) is 14.3. The van der Waals surface area contributed by atoms with Gasteiger partial charge in [-0.2, -0.15) is 5.10 Å². The number of fused-ring (bicyclic) bond motifs is 1. The zero-order valence-corrected chi connectivity index (χ0v) is 12.8. The van der Waals surface area contributed by atoms with Gasteiger partial charge >= 0.3 is 0 Å². The Kier molecular flexibility index (Phi) is 3.22. The first kappa shape index (κ1) is 13.1. The Balaban J connectivity index is 2.13. The summed E-state index contributed by atoms with van der Waals surface area (Å²) >= 11 is 5.48. The minimum absolute atomic E-state index is 0.763. The van der Waals surface area contributed by atoms with Gasteiger partial charge in [-0.3, -0.25) is 4.68 Å². The molecule has 3 rings (SSSR count). The van der Waals surface area contributed by atoms with Crippen molar-refractivity contribution < 1.29 is 0 Å². The van der Waals surface area contributed by atoms with Crippen LogP contribution >= 0.6 is 12.2 Å². The van der Waals surface area contributed by atoms with Crippen molar-refractivity contribution in [3.63, 3.8) is 0 Å². The van der Waals surface area contributed by atoms with Crippen molar-refractivity contribution in [1.29, 1.82) is 0 Å². The zero-order valence-electron chi connectivity index (χ0n) is 12.0. The van der Waals surface area contributed by atoms with Crippen molar-refractivity contribution in [3.8, 4) is 0 Å². The van der Waals surface area contributed by atoms with Crippen LogP contribution in [0.25, 0.3) is 11.0 Å². The van der Waals surface area contributed by atoms with Crippen LogP contribution in [-0.2, 0) is 20.0 Å². The fourth-order valence-corrected chi connectivity index (χ4v) is 2.93. The van der Waals surface area contributed by atoms with Gasteiger partial charge in [-0.05, 0) is 37.2 Å². The van der Waals surface area contributed by atoms with Crippen molar-refractivity contribution in [2.45, 2.75) is 26.8 Å². The fourth-order valence-electron chi connectivity index (χ4n) is 2.66. The molecule has 0 fully saturated rings. The number of benzene rings is 1. The number of nitrogens with one attached hydrogen (secondary N) is 1. The van der Waals surface area contributed by atoms with Crippen LogP contribution in [0, 0.1) is 11.7 Å². The van der Waals surface area contributed by atoms with Crippen LogP contribution in [0.2, 0.25) is 0 Å². The number of nitrogens with zero attached hydrogens (tertiary/aromatic N) is 3. The number of H-pyrrole nitrogens is 1. The molecular formula is C15H18N4S. The molecule has 2 aromatic heterocycles. The molecule has 0 aliphatic carbocycles. The second kappa shape index (κ2) is 4.90. The molecule has 0 unspecified atom stereocenters. The third kappa shape index (κ3) is 2.08. The molecular weight excluding hydrogens is 268 g/mol. The van der Waals surface area contributed by atoms with Gasteiger partial charge in [0, 0.05) is 18.8 Å². The molecule has 0 radical (unpaired) electrons. The van der Waals surface area contributed by atoms with Crippen molar-refractivity contribution in [2.75, 3.05) is 0 Å². The summed E-state index contributed by atoms with van der Waals surface area (Å²) in [7, 11) is 1.96. The smallest absolute Gasteiger partial charge is 0.178 e. The van der Waals surface area contributed by atoms with Gasteiger partial charge in [-0.1, -0.05) is 19.1 Å². The lowest BCUT2D eigenvalue weighted by atomic mass is 10.2. The number of aromatic amines is 1. The van der Waals surface area contributed by atoms with Gasteiger partial charge in [0.05, 0.1) is 23.3 Å². The lowest BCUT2D eigenvalue weighted by Crippen LogP contribution is -2.01. The SMILES string of the molecule is CCc1nn(C)cc1Cn1c(=S)[nH]c2c(C)cccc21. The van der Waals surface area contributed by atoms with E-state index in [4.69, 9.17) is 12.2 Å². The highest BCUT2D eigenvalue weighted by molar-refractivity contribution is 7.71. The van der Waals surface area contributed by atoms with Gasteiger partial charge in [0.15, 0.2) is 4.77 Å². The first-order chi connectivity index (χ1) is 9.60. The Morgan fingerprint density at radius 2 is 2.15 bits per heavy atom. The van der Waals surface area contributed by atoms with Gasteiger partial charge in [0.2, 0.25) is 0 Å². The van der Waals surface area contributed by atoms with E-state index in [1.54, 1.807) is 0 Å². The first-order valence-corrected chi connectivity index (χ1v) is 7.20. The summed E-state index contributed by atoms with van der Waals surface area (Å²) in [4.78, 5) is 3.31. The maximum atomic E-state index is 5.48. The van der Waals surface area contributed by atoms with E-state index in [1.165, 1.54) is 11.1 Å². The number of rotatable bonds is 3. The lowest BCUT2D eigenvalue weighted by molar-refractivity contribution is 0.746. The Morgan fingerprint density at radius 3 is 2.90 bits per heavy atom. The molecule has 3 aromatic rings. The first-order valence-electron chi connectivity index (χ1n) is 6.79. The minimum Gasteiger partial charge on any atom is -0.330 e. The van der Waals surface area contributed by atoms with Crippen molar-refractivity contribution in [2.24, 2.45) is 7.05 Å². The van der Waals surface area contributed by atoms with Crippen molar-refractivity contribution in [1.82, 2.24) is 19.3 Å². The maximum absolute atomic E-state index is 5.48. The molecule has 4 nitrogen and oxygen atoms in total. The molecule has 0 saturated carbocycles. The second-order valence-corrected chi connectivity index (χ2v) is 5.50. The Morgan fingerprint density at radius 1 is 1.35 bits per heavy atom. The molecule has 0 amide bonds. The molecule has 0 aliphatic heterocycles. The molecule has 0 saturated heterocycles. The lowest BCUT2D eigenvalue weighted by Gasteiger charge is -2.04. The molecule has 2 heterocycles. The van der Waals surface area contributed by atoms with Gasteiger partial charge in [-0.15, -0.1) is 0 Å². The standard InChI is InChI=1S/C15H18N4S/c1-4-12-11(8-18(3)17-12)9-19-13-7-5-6-10(2)14(13)16-15(19)20/h5-8H,4,9H2,1-3H3,(H,16,20). The van der Waals surface area contributed by atoms with Gasteiger partial charge in [-0.25, -0.2) is 0 Å². The van der Waals surface area contributed by atoms with Crippen LogP contribution in [0.15, 0.2) is 24.4 Å². The minimum atomic E-state index is 0.763. The maximum Gasteiger partial charge on any atom is 0.178 e. The van der Waals surface area contributed by atoms with Crippen molar-refractivity contribution in [3.05, 3.63) is 46.0 Å². The summed E-state index contributed by atoms with van der Waals surface area (Å²) in [5.41, 5.74) is 5.86. The van der Waals surface area contributed by atoms with E-state index in [-0.39, 0.29) is 0 Å². The van der Waals surface area contributed by atoms with Crippen LogP contribution in [0.5, 0.6) is 0 Å². The number of imidazole rings is 1. The molecule has 0 spiro atoms. The fraction of sp³-hybridized carbons (Fsp3) is 0.333. The quantitative estimate of drug-likeness (QED) is 0.750. The molecule has 1 aromatic carbocycles. The van der Waals surface area contributed by atoms with Gasteiger partial charge in [0.25, 0.3) is 0 Å². The Bertz CT molecular complexity index is 822. The van der Waals surface area contributed by atoms with E-state index in [2.05, 4.69) is 52.9 Å². The van der Waals surface area contributed by atoms with E-state index < -0.39 is 0 Å². The third-order valence-corrected chi connectivity index (χ3v) is 4.00.